The Kier molecular flexibility index (Phi) is 6.83. The van der Waals surface area contributed by atoms with E-state index in [0.29, 0.717) is 17.5 Å². The lowest BCUT2D eigenvalue weighted by atomic mass is 10.0. The minimum Gasteiger partial charge on any atom is -0.456 e. The number of benzene rings is 7. The van der Waals surface area contributed by atoms with E-state index >= 15 is 0 Å². The van der Waals surface area contributed by atoms with Crippen LogP contribution in [0, 0.1) is 0 Å². The fraction of sp³-hybridized carbons (Fsp3) is 0. The molecule has 5 nitrogen and oxygen atoms in total. The molecule has 7 aromatic carbocycles. The molecule has 0 radical (unpaired) electrons. The highest BCUT2D eigenvalue weighted by Gasteiger charge is 2.17. The summed E-state index contributed by atoms with van der Waals surface area (Å²) < 4.78 is 9.84. The molecule has 0 saturated carbocycles. The summed E-state index contributed by atoms with van der Waals surface area (Å²) >= 11 is 3.58. The number of hydrogen-bond acceptors (Lipinski definition) is 7. The third-order valence-corrected chi connectivity index (χ3v) is 12.1. The van der Waals surface area contributed by atoms with Crippen molar-refractivity contribution in [1.29, 1.82) is 0 Å². The quantitative estimate of drug-likeness (QED) is 0.178. The Labute approximate surface area is 311 Å². The van der Waals surface area contributed by atoms with Crippen LogP contribution in [-0.2, 0) is 0 Å². The fourth-order valence-electron chi connectivity index (χ4n) is 7.17. The van der Waals surface area contributed by atoms with E-state index in [9.17, 15) is 0 Å². The van der Waals surface area contributed by atoms with Crippen LogP contribution in [0.2, 0.25) is 0 Å². The van der Waals surface area contributed by atoms with Crippen LogP contribution in [0.3, 0.4) is 0 Å². The highest BCUT2D eigenvalue weighted by atomic mass is 32.1. The molecule has 53 heavy (non-hydrogen) atoms. The largest absolute Gasteiger partial charge is 0.456 e. The zero-order chi connectivity index (χ0) is 34.9. The summed E-state index contributed by atoms with van der Waals surface area (Å²) in [5, 5.41) is 5.67. The van der Waals surface area contributed by atoms with Gasteiger partial charge >= 0.3 is 0 Å². The van der Waals surface area contributed by atoms with Crippen LogP contribution in [0.1, 0.15) is 0 Å². The molecule has 11 rings (SSSR count). The maximum atomic E-state index is 6.10. The molecule has 11 aromatic rings. The molecule has 0 bridgehead atoms. The van der Waals surface area contributed by atoms with Crippen LogP contribution < -0.4 is 0 Å². The second-order valence-electron chi connectivity index (χ2n) is 13.0. The van der Waals surface area contributed by atoms with E-state index in [1.165, 1.54) is 30.4 Å². The third-order valence-electron chi connectivity index (χ3n) is 9.79. The second-order valence-corrected chi connectivity index (χ2v) is 15.1. The van der Waals surface area contributed by atoms with Gasteiger partial charge in [-0.2, -0.15) is 0 Å². The molecule has 0 N–H and O–H groups in total. The predicted molar refractivity (Wildman–Crippen MR) is 220 cm³/mol. The first kappa shape index (κ1) is 30.1. The zero-order valence-electron chi connectivity index (χ0n) is 28.0. The van der Waals surface area contributed by atoms with Crippen LogP contribution >= 0.6 is 22.7 Å². The van der Waals surface area contributed by atoms with Crippen molar-refractivity contribution in [2.24, 2.45) is 0 Å². The van der Waals surface area contributed by atoms with Crippen molar-refractivity contribution < 1.29 is 4.42 Å². The monoisotopic (exact) mass is 714 g/mol. The van der Waals surface area contributed by atoms with Crippen LogP contribution in [-0.4, -0.2) is 19.9 Å². The Balaban J connectivity index is 0.989. The smallest absolute Gasteiger partial charge is 0.164 e. The van der Waals surface area contributed by atoms with E-state index in [1.807, 2.05) is 78.1 Å². The number of aromatic nitrogens is 4. The Bertz CT molecular complexity index is 3150. The standard InChI is InChI=1S/C46H26N4OS2/c1-2-9-28(10-3-1)43-48-44(50-45(49-43)30-21-23-39-35(25-30)33-11-4-6-15-38(33)51-39)29-19-17-27(18-20-29)32-12-8-13-34-36-26-31(22-24-40(36)52-42(32)34)46-47-37-14-5-7-16-41(37)53-46/h1-26H. The lowest BCUT2D eigenvalue weighted by Gasteiger charge is -2.09. The Morgan fingerprint density at radius 1 is 0.377 bits per heavy atom. The predicted octanol–water partition coefficient (Wildman–Crippen LogP) is 13.1. The maximum absolute atomic E-state index is 6.10. The van der Waals surface area contributed by atoms with Crippen LogP contribution in [0.15, 0.2) is 162 Å². The van der Waals surface area contributed by atoms with E-state index in [1.54, 1.807) is 11.3 Å². The first-order valence-corrected chi connectivity index (χ1v) is 19.0. The first-order valence-electron chi connectivity index (χ1n) is 17.4. The van der Waals surface area contributed by atoms with Gasteiger partial charge in [0.25, 0.3) is 0 Å². The van der Waals surface area contributed by atoms with Gasteiger partial charge in [0, 0.05) is 53.2 Å². The summed E-state index contributed by atoms with van der Waals surface area (Å²) in [5.41, 5.74) is 9.02. The molecule has 0 saturated heterocycles. The maximum Gasteiger partial charge on any atom is 0.164 e. The van der Waals surface area contributed by atoms with Gasteiger partial charge in [-0.15, -0.1) is 22.7 Å². The Morgan fingerprint density at radius 3 is 1.87 bits per heavy atom. The second kappa shape index (κ2) is 12.0. The highest BCUT2D eigenvalue weighted by Crippen LogP contribution is 2.42. The average molecular weight is 715 g/mol. The van der Waals surface area contributed by atoms with E-state index in [0.717, 1.165) is 60.3 Å². The normalized spacial score (nSPS) is 11.8. The summed E-state index contributed by atoms with van der Waals surface area (Å²) in [7, 11) is 0. The van der Waals surface area contributed by atoms with Crippen molar-refractivity contribution in [3.8, 4) is 55.9 Å². The summed E-state index contributed by atoms with van der Waals surface area (Å²) in [6.07, 6.45) is 0. The van der Waals surface area contributed by atoms with Crippen LogP contribution in [0.5, 0.6) is 0 Å². The van der Waals surface area contributed by atoms with Gasteiger partial charge in [0.1, 0.15) is 16.2 Å². The van der Waals surface area contributed by atoms with Gasteiger partial charge in [-0.1, -0.05) is 109 Å². The van der Waals surface area contributed by atoms with E-state index in [-0.39, 0.29) is 0 Å². The molecule has 0 amide bonds. The molecule has 4 heterocycles. The molecular weight excluding hydrogens is 689 g/mol. The van der Waals surface area contributed by atoms with Gasteiger partial charge in [-0.3, -0.25) is 0 Å². The number of thiophene rings is 1. The van der Waals surface area contributed by atoms with Gasteiger partial charge in [0.15, 0.2) is 17.5 Å². The third kappa shape index (κ3) is 5.12. The van der Waals surface area contributed by atoms with Gasteiger partial charge in [-0.05, 0) is 59.7 Å². The minimum absolute atomic E-state index is 0.616. The molecule has 0 aliphatic carbocycles. The molecule has 7 heteroatoms. The number of para-hydroxylation sites is 2. The van der Waals surface area contributed by atoms with Crippen molar-refractivity contribution in [2.45, 2.75) is 0 Å². The van der Waals surface area contributed by atoms with Crippen LogP contribution in [0.25, 0.3) is 108 Å². The van der Waals surface area contributed by atoms with E-state index < -0.39 is 0 Å². The van der Waals surface area contributed by atoms with Crippen molar-refractivity contribution >= 4 is 75.0 Å². The number of nitrogens with zero attached hydrogens (tertiary/aromatic N) is 4. The Hall–Kier alpha value is -6.54. The molecule has 0 fully saturated rings. The van der Waals surface area contributed by atoms with Gasteiger partial charge < -0.3 is 4.42 Å². The van der Waals surface area contributed by atoms with Gasteiger partial charge in [0.05, 0.1) is 10.2 Å². The fourth-order valence-corrected chi connectivity index (χ4v) is 9.35. The molecule has 0 atom stereocenters. The molecule has 4 aromatic heterocycles. The molecule has 0 aliphatic heterocycles. The van der Waals surface area contributed by atoms with Crippen LogP contribution in [0.4, 0.5) is 0 Å². The number of rotatable bonds is 5. The van der Waals surface area contributed by atoms with Crippen molar-refractivity contribution in [2.75, 3.05) is 0 Å². The molecule has 0 unspecified atom stereocenters. The number of hydrogen-bond donors (Lipinski definition) is 0. The van der Waals surface area contributed by atoms with Gasteiger partial charge in [-0.25, -0.2) is 19.9 Å². The number of fused-ring (bicyclic) bond motifs is 7. The van der Waals surface area contributed by atoms with E-state index in [2.05, 4.69) is 91.0 Å². The molecule has 248 valence electrons. The highest BCUT2D eigenvalue weighted by molar-refractivity contribution is 7.26. The summed E-state index contributed by atoms with van der Waals surface area (Å²) in [4.78, 5) is 19.9. The first-order chi connectivity index (χ1) is 26.2. The average Bonchev–Trinajstić information content (AvgIpc) is 3.94. The van der Waals surface area contributed by atoms with Gasteiger partial charge in [0.2, 0.25) is 0 Å². The van der Waals surface area contributed by atoms with Crippen molar-refractivity contribution in [1.82, 2.24) is 19.9 Å². The lowest BCUT2D eigenvalue weighted by molar-refractivity contribution is 0.669. The topological polar surface area (TPSA) is 64.7 Å². The zero-order valence-corrected chi connectivity index (χ0v) is 29.7. The lowest BCUT2D eigenvalue weighted by Crippen LogP contribution is -2.00. The SMILES string of the molecule is c1ccc(-c2nc(-c3ccc(-c4cccc5c4sc4ccc(-c6nc7ccccc7s6)cc45)cc3)nc(-c3ccc4oc5ccccc5c4c3)n2)cc1. The summed E-state index contributed by atoms with van der Waals surface area (Å²) in [6, 6.07) is 54.6. The summed E-state index contributed by atoms with van der Waals surface area (Å²) in [6.45, 7) is 0. The number of thiazole rings is 1. The molecular formula is C46H26N4OS2. The van der Waals surface area contributed by atoms with E-state index in [4.69, 9.17) is 24.4 Å². The Morgan fingerprint density at radius 2 is 1.02 bits per heavy atom. The number of furan rings is 1. The molecule has 0 aliphatic rings. The minimum atomic E-state index is 0.616. The molecule has 0 spiro atoms. The summed E-state index contributed by atoms with van der Waals surface area (Å²) in [5.74, 6) is 1.87. The van der Waals surface area contributed by atoms with Crippen molar-refractivity contribution in [3.63, 3.8) is 0 Å². The van der Waals surface area contributed by atoms with Crippen molar-refractivity contribution in [3.05, 3.63) is 158 Å².